The van der Waals surface area contributed by atoms with Crippen LogP contribution in [0.15, 0.2) is 59.5 Å². The van der Waals surface area contributed by atoms with Crippen molar-refractivity contribution in [3.8, 4) is 0 Å². The molecule has 1 saturated heterocycles. The van der Waals surface area contributed by atoms with Crippen LogP contribution < -0.4 is 10.4 Å². The molecule has 0 aliphatic carbocycles. The predicted octanol–water partition coefficient (Wildman–Crippen LogP) is 2.73. The standard InChI is InChI=1S/C20H20F3N3O4S/c21-20(22,23)16-4-2-5-17(14-16)25-9-11-26(12-10-25)31(29,30)18-6-1-3-15(13-18)7-8-19(27)24-28/h1-8,13-14,28H,9-12H2,(H,24,27). The number of alkyl halides is 3. The lowest BCUT2D eigenvalue weighted by Crippen LogP contribution is -2.48. The van der Waals surface area contributed by atoms with Crippen LogP contribution in [-0.4, -0.2) is 50.0 Å². The topological polar surface area (TPSA) is 90.0 Å². The monoisotopic (exact) mass is 455 g/mol. The van der Waals surface area contributed by atoms with E-state index in [1.54, 1.807) is 17.0 Å². The van der Waals surface area contributed by atoms with Crippen molar-refractivity contribution >= 4 is 27.7 Å². The summed E-state index contributed by atoms with van der Waals surface area (Å²) in [4.78, 5) is 12.8. The number of anilines is 1. The van der Waals surface area contributed by atoms with E-state index in [0.29, 0.717) is 11.3 Å². The molecule has 2 N–H and O–H groups in total. The lowest BCUT2D eigenvalue weighted by Gasteiger charge is -2.35. The summed E-state index contributed by atoms with van der Waals surface area (Å²) in [7, 11) is -3.82. The molecule has 1 aliphatic heterocycles. The Kier molecular flexibility index (Phi) is 6.68. The molecule has 0 bridgehead atoms. The third-order valence-corrected chi connectivity index (χ3v) is 6.71. The Labute approximate surface area is 177 Å². The molecule has 1 amide bonds. The Morgan fingerprint density at radius 3 is 2.35 bits per heavy atom. The second kappa shape index (κ2) is 9.08. The maximum absolute atomic E-state index is 13.0. The van der Waals surface area contributed by atoms with Crippen LogP contribution in [0.2, 0.25) is 0 Å². The Balaban J connectivity index is 1.72. The average molecular weight is 455 g/mol. The van der Waals surface area contributed by atoms with E-state index in [4.69, 9.17) is 5.21 Å². The maximum Gasteiger partial charge on any atom is 0.416 e. The van der Waals surface area contributed by atoms with Crippen LogP contribution in [0.5, 0.6) is 0 Å². The smallest absolute Gasteiger partial charge is 0.369 e. The molecule has 3 rings (SSSR count). The highest BCUT2D eigenvalue weighted by atomic mass is 32.2. The zero-order chi connectivity index (χ0) is 22.6. The van der Waals surface area contributed by atoms with E-state index in [1.165, 1.54) is 40.1 Å². The number of rotatable bonds is 5. The number of nitrogens with one attached hydrogen (secondary N) is 1. The van der Waals surface area contributed by atoms with E-state index >= 15 is 0 Å². The fourth-order valence-corrected chi connectivity index (χ4v) is 4.68. The summed E-state index contributed by atoms with van der Waals surface area (Å²) in [6.45, 7) is 0.727. The molecule has 0 atom stereocenters. The first-order valence-corrected chi connectivity index (χ1v) is 10.7. The molecule has 0 unspecified atom stereocenters. The molecule has 1 fully saturated rings. The summed E-state index contributed by atoms with van der Waals surface area (Å²) < 4.78 is 66.1. The molecule has 166 valence electrons. The average Bonchev–Trinajstić information content (AvgIpc) is 2.77. The van der Waals surface area contributed by atoms with Crippen LogP contribution >= 0.6 is 0 Å². The van der Waals surface area contributed by atoms with Crippen LogP contribution in [0.4, 0.5) is 18.9 Å². The number of piperazine rings is 1. The van der Waals surface area contributed by atoms with Gasteiger partial charge in [-0.05, 0) is 42.0 Å². The lowest BCUT2D eigenvalue weighted by molar-refractivity contribution is -0.137. The number of hydrogen-bond donors (Lipinski definition) is 2. The number of amides is 1. The third-order valence-electron chi connectivity index (χ3n) is 4.81. The van der Waals surface area contributed by atoms with Crippen molar-refractivity contribution < 1.29 is 31.6 Å². The number of hydroxylamine groups is 1. The molecule has 11 heteroatoms. The van der Waals surface area contributed by atoms with Crippen molar-refractivity contribution in [3.05, 3.63) is 65.7 Å². The van der Waals surface area contributed by atoms with Gasteiger partial charge in [0.25, 0.3) is 5.91 Å². The van der Waals surface area contributed by atoms with Gasteiger partial charge in [0, 0.05) is 37.9 Å². The molecule has 0 radical (unpaired) electrons. The summed E-state index contributed by atoms with van der Waals surface area (Å²) in [6.07, 6.45) is -2.03. The number of halogens is 3. The van der Waals surface area contributed by atoms with Crippen molar-refractivity contribution in [1.82, 2.24) is 9.79 Å². The van der Waals surface area contributed by atoms with Gasteiger partial charge in [0.1, 0.15) is 0 Å². The fourth-order valence-electron chi connectivity index (χ4n) is 3.20. The zero-order valence-electron chi connectivity index (χ0n) is 16.2. The van der Waals surface area contributed by atoms with Gasteiger partial charge in [-0.1, -0.05) is 18.2 Å². The number of hydrogen-bond acceptors (Lipinski definition) is 5. The van der Waals surface area contributed by atoms with Crippen molar-refractivity contribution in [2.75, 3.05) is 31.1 Å². The van der Waals surface area contributed by atoms with E-state index in [0.717, 1.165) is 18.2 Å². The van der Waals surface area contributed by atoms with Crippen molar-refractivity contribution in [2.24, 2.45) is 0 Å². The maximum atomic E-state index is 13.0. The molecule has 0 saturated carbocycles. The second-order valence-corrected chi connectivity index (χ2v) is 8.76. The van der Waals surface area contributed by atoms with Gasteiger partial charge in [-0.15, -0.1) is 0 Å². The largest absolute Gasteiger partial charge is 0.416 e. The summed E-state index contributed by atoms with van der Waals surface area (Å²) >= 11 is 0. The van der Waals surface area contributed by atoms with Gasteiger partial charge >= 0.3 is 6.18 Å². The molecular weight excluding hydrogens is 435 g/mol. The number of carbonyl (C=O) groups is 1. The Bertz CT molecular complexity index is 1080. The summed E-state index contributed by atoms with van der Waals surface area (Å²) in [6, 6.07) is 10.9. The first-order chi connectivity index (χ1) is 14.6. The van der Waals surface area contributed by atoms with Gasteiger partial charge in [-0.3, -0.25) is 10.0 Å². The van der Waals surface area contributed by atoms with Crippen LogP contribution in [-0.2, 0) is 21.0 Å². The summed E-state index contributed by atoms with van der Waals surface area (Å²) in [5.74, 6) is -0.751. The van der Waals surface area contributed by atoms with Crippen LogP contribution in [0.3, 0.4) is 0 Å². The van der Waals surface area contributed by atoms with Gasteiger partial charge in [0.2, 0.25) is 10.0 Å². The first-order valence-electron chi connectivity index (χ1n) is 9.26. The Morgan fingerprint density at radius 2 is 1.71 bits per heavy atom. The van der Waals surface area contributed by atoms with Gasteiger partial charge in [-0.2, -0.15) is 17.5 Å². The quantitative estimate of drug-likeness (QED) is 0.411. The lowest BCUT2D eigenvalue weighted by atomic mass is 10.1. The fraction of sp³-hybridized carbons (Fsp3) is 0.250. The van der Waals surface area contributed by atoms with E-state index in [2.05, 4.69) is 0 Å². The number of sulfonamides is 1. The molecule has 31 heavy (non-hydrogen) atoms. The second-order valence-electron chi connectivity index (χ2n) is 6.82. The Hall–Kier alpha value is -2.89. The van der Waals surface area contributed by atoms with Gasteiger partial charge in [0.05, 0.1) is 10.5 Å². The van der Waals surface area contributed by atoms with Crippen LogP contribution in [0.1, 0.15) is 11.1 Å². The van der Waals surface area contributed by atoms with E-state index in [-0.39, 0.29) is 31.1 Å². The highest BCUT2D eigenvalue weighted by molar-refractivity contribution is 7.89. The Morgan fingerprint density at radius 1 is 1.03 bits per heavy atom. The van der Waals surface area contributed by atoms with Crippen molar-refractivity contribution in [1.29, 1.82) is 0 Å². The molecule has 1 heterocycles. The van der Waals surface area contributed by atoms with Gasteiger partial charge < -0.3 is 4.90 Å². The molecule has 2 aromatic carbocycles. The van der Waals surface area contributed by atoms with Crippen molar-refractivity contribution in [2.45, 2.75) is 11.1 Å². The minimum absolute atomic E-state index is 0.0339. The van der Waals surface area contributed by atoms with Gasteiger partial charge in [0.15, 0.2) is 0 Å². The molecule has 0 spiro atoms. The molecule has 0 aromatic heterocycles. The molecule has 1 aliphatic rings. The third kappa shape index (κ3) is 5.43. The predicted molar refractivity (Wildman–Crippen MR) is 108 cm³/mol. The van der Waals surface area contributed by atoms with E-state index in [9.17, 15) is 26.4 Å². The van der Waals surface area contributed by atoms with Crippen LogP contribution in [0.25, 0.3) is 6.08 Å². The van der Waals surface area contributed by atoms with Gasteiger partial charge in [-0.25, -0.2) is 13.9 Å². The highest BCUT2D eigenvalue weighted by Gasteiger charge is 2.32. The van der Waals surface area contributed by atoms with Crippen LogP contribution in [0, 0.1) is 0 Å². The number of carbonyl (C=O) groups excluding carboxylic acids is 1. The van der Waals surface area contributed by atoms with E-state index < -0.39 is 27.7 Å². The number of benzene rings is 2. The molecule has 7 nitrogen and oxygen atoms in total. The normalized spacial score (nSPS) is 15.9. The minimum atomic E-state index is -4.45. The van der Waals surface area contributed by atoms with Crippen molar-refractivity contribution in [3.63, 3.8) is 0 Å². The first kappa shape index (κ1) is 22.8. The number of nitrogens with zero attached hydrogens (tertiary/aromatic N) is 2. The summed E-state index contributed by atoms with van der Waals surface area (Å²) in [5, 5.41) is 8.51. The molecular formula is C20H20F3N3O4S. The minimum Gasteiger partial charge on any atom is -0.369 e. The summed E-state index contributed by atoms with van der Waals surface area (Å²) in [5.41, 5.74) is 1.53. The molecule has 2 aromatic rings. The zero-order valence-corrected chi connectivity index (χ0v) is 17.0. The SMILES string of the molecule is O=C(C=Cc1cccc(S(=O)(=O)N2CCN(c3cccc(C(F)(F)F)c3)CC2)c1)NO. The van der Waals surface area contributed by atoms with E-state index in [1.807, 2.05) is 0 Å². The highest BCUT2D eigenvalue weighted by Crippen LogP contribution is 2.32.